The van der Waals surface area contributed by atoms with E-state index in [0.29, 0.717) is 0 Å². The highest BCUT2D eigenvalue weighted by Crippen LogP contribution is 2.05. The van der Waals surface area contributed by atoms with Crippen molar-refractivity contribution in [3.8, 4) is 0 Å². The first-order valence-electron chi connectivity index (χ1n) is 5.84. The van der Waals surface area contributed by atoms with Crippen molar-refractivity contribution in [2.75, 3.05) is 18.1 Å². The summed E-state index contributed by atoms with van der Waals surface area (Å²) < 4.78 is 28.1. The molecule has 0 aromatic rings. The van der Waals surface area contributed by atoms with Gasteiger partial charge in [0.15, 0.2) is 9.84 Å². The summed E-state index contributed by atoms with van der Waals surface area (Å²) in [7, 11) is -3.60. The predicted molar refractivity (Wildman–Crippen MR) is 67.7 cm³/mol. The van der Waals surface area contributed by atoms with E-state index in [1.54, 1.807) is 20.8 Å². The Morgan fingerprint density at radius 2 is 1.78 bits per heavy atom. The molecule has 0 aliphatic rings. The molecule has 0 heterocycles. The monoisotopic (exact) mass is 279 g/mol. The van der Waals surface area contributed by atoms with Gasteiger partial charge in [-0.05, 0) is 20.8 Å². The fraction of sp³-hybridized carbons (Fsp3) is 0.818. The van der Waals surface area contributed by atoms with Crippen molar-refractivity contribution >= 4 is 21.7 Å². The third-order valence-electron chi connectivity index (χ3n) is 1.99. The van der Waals surface area contributed by atoms with E-state index in [-0.39, 0.29) is 18.4 Å². The average molecular weight is 279 g/mol. The second kappa shape index (κ2) is 7.35. The molecule has 0 aromatic heterocycles. The lowest BCUT2D eigenvalue weighted by Crippen LogP contribution is -2.37. The largest absolute Gasteiger partial charge is 0.466 e. The smallest absolute Gasteiger partial charge is 0.309 e. The molecule has 6 nitrogen and oxygen atoms in total. The SMILES string of the molecule is CCOC(=O)C(C)CS(=O)(=O)CC(=O)NC(C)C. The normalized spacial score (nSPS) is 13.2. The van der Waals surface area contributed by atoms with Gasteiger partial charge in [0.2, 0.25) is 5.91 Å². The van der Waals surface area contributed by atoms with Crippen LogP contribution in [0.1, 0.15) is 27.7 Å². The van der Waals surface area contributed by atoms with Crippen molar-refractivity contribution in [3.63, 3.8) is 0 Å². The first kappa shape index (κ1) is 16.9. The molecule has 1 unspecified atom stereocenters. The molecule has 0 rings (SSSR count). The van der Waals surface area contributed by atoms with Gasteiger partial charge in [-0.15, -0.1) is 0 Å². The van der Waals surface area contributed by atoms with Gasteiger partial charge in [0.25, 0.3) is 0 Å². The van der Waals surface area contributed by atoms with Crippen molar-refractivity contribution in [2.45, 2.75) is 33.7 Å². The number of amides is 1. The van der Waals surface area contributed by atoms with Gasteiger partial charge < -0.3 is 10.1 Å². The van der Waals surface area contributed by atoms with Crippen LogP contribution in [0.5, 0.6) is 0 Å². The lowest BCUT2D eigenvalue weighted by atomic mass is 10.2. The molecule has 0 saturated carbocycles. The summed E-state index contributed by atoms with van der Waals surface area (Å²) in [5, 5.41) is 2.49. The minimum Gasteiger partial charge on any atom is -0.466 e. The molecule has 7 heteroatoms. The molecule has 0 spiro atoms. The van der Waals surface area contributed by atoms with Crippen molar-refractivity contribution in [2.24, 2.45) is 5.92 Å². The maximum atomic E-state index is 11.7. The van der Waals surface area contributed by atoms with Crippen LogP contribution in [0.25, 0.3) is 0 Å². The number of ether oxygens (including phenoxy) is 1. The van der Waals surface area contributed by atoms with E-state index in [9.17, 15) is 18.0 Å². The predicted octanol–water partition coefficient (Wildman–Crippen LogP) is 0.125. The standard InChI is InChI=1S/C11H21NO5S/c1-5-17-11(14)9(4)6-18(15,16)7-10(13)12-8(2)3/h8-9H,5-7H2,1-4H3,(H,12,13). The maximum absolute atomic E-state index is 11.7. The molecule has 0 aliphatic heterocycles. The quantitative estimate of drug-likeness (QED) is 0.669. The molecule has 1 atom stereocenters. The topological polar surface area (TPSA) is 89.5 Å². The lowest BCUT2D eigenvalue weighted by Gasteiger charge is -2.12. The summed E-state index contributed by atoms with van der Waals surface area (Å²) in [4.78, 5) is 22.6. The summed E-state index contributed by atoms with van der Waals surface area (Å²) in [5.74, 6) is -2.86. The Kier molecular flexibility index (Phi) is 6.90. The molecular weight excluding hydrogens is 258 g/mol. The van der Waals surface area contributed by atoms with E-state index in [1.165, 1.54) is 6.92 Å². The Balaban J connectivity index is 4.39. The molecule has 18 heavy (non-hydrogen) atoms. The molecule has 0 fully saturated rings. The van der Waals surface area contributed by atoms with Crippen LogP contribution in [0.2, 0.25) is 0 Å². The number of esters is 1. The van der Waals surface area contributed by atoms with Gasteiger partial charge in [-0.25, -0.2) is 8.42 Å². The zero-order valence-corrected chi connectivity index (χ0v) is 12.0. The van der Waals surface area contributed by atoms with Crippen LogP contribution in [0.15, 0.2) is 0 Å². The molecule has 0 bridgehead atoms. The number of carbonyl (C=O) groups excluding carboxylic acids is 2. The van der Waals surface area contributed by atoms with Crippen LogP contribution < -0.4 is 5.32 Å². The number of nitrogens with one attached hydrogen (secondary N) is 1. The average Bonchev–Trinajstić information content (AvgIpc) is 2.14. The van der Waals surface area contributed by atoms with Crippen LogP contribution >= 0.6 is 0 Å². The van der Waals surface area contributed by atoms with Crippen molar-refractivity contribution in [1.29, 1.82) is 0 Å². The van der Waals surface area contributed by atoms with Crippen molar-refractivity contribution < 1.29 is 22.7 Å². The molecule has 0 saturated heterocycles. The fourth-order valence-corrected chi connectivity index (χ4v) is 2.85. The number of carbonyl (C=O) groups is 2. The highest BCUT2D eigenvalue weighted by Gasteiger charge is 2.25. The molecule has 1 N–H and O–H groups in total. The third-order valence-corrected chi connectivity index (χ3v) is 3.70. The van der Waals surface area contributed by atoms with E-state index in [2.05, 4.69) is 5.32 Å². The summed E-state index contributed by atoms with van der Waals surface area (Å²) in [5.41, 5.74) is 0. The molecule has 0 aliphatic carbocycles. The summed E-state index contributed by atoms with van der Waals surface area (Å²) in [6.07, 6.45) is 0. The van der Waals surface area contributed by atoms with Gasteiger partial charge in [-0.1, -0.05) is 6.92 Å². The Bertz CT molecular complexity index is 388. The van der Waals surface area contributed by atoms with Crippen molar-refractivity contribution in [1.82, 2.24) is 5.32 Å². The number of hydrogen-bond acceptors (Lipinski definition) is 5. The van der Waals surface area contributed by atoms with Gasteiger partial charge >= 0.3 is 5.97 Å². The number of rotatable bonds is 7. The van der Waals surface area contributed by atoms with Gasteiger partial charge in [0, 0.05) is 6.04 Å². The van der Waals surface area contributed by atoms with Gasteiger partial charge in [-0.3, -0.25) is 9.59 Å². The fourth-order valence-electron chi connectivity index (χ4n) is 1.36. The Labute approximate surface area is 108 Å². The third kappa shape index (κ3) is 7.26. The second-order valence-corrected chi connectivity index (χ2v) is 6.54. The highest BCUT2D eigenvalue weighted by molar-refractivity contribution is 7.92. The minimum atomic E-state index is -3.60. The van der Waals surface area contributed by atoms with E-state index in [4.69, 9.17) is 4.74 Å². The van der Waals surface area contributed by atoms with Gasteiger partial charge in [-0.2, -0.15) is 0 Å². The first-order valence-corrected chi connectivity index (χ1v) is 7.66. The first-order chi connectivity index (χ1) is 8.18. The summed E-state index contributed by atoms with van der Waals surface area (Å²) in [6, 6.07) is -0.116. The zero-order valence-electron chi connectivity index (χ0n) is 11.2. The molecule has 0 aromatic carbocycles. The van der Waals surface area contributed by atoms with Gasteiger partial charge in [0.1, 0.15) is 5.75 Å². The van der Waals surface area contributed by atoms with E-state index < -0.39 is 33.4 Å². The number of hydrogen-bond donors (Lipinski definition) is 1. The molecule has 106 valence electrons. The van der Waals surface area contributed by atoms with Crippen LogP contribution in [-0.2, 0) is 24.2 Å². The van der Waals surface area contributed by atoms with E-state index >= 15 is 0 Å². The molecule has 1 amide bonds. The number of sulfone groups is 1. The Morgan fingerprint density at radius 3 is 2.22 bits per heavy atom. The van der Waals surface area contributed by atoms with E-state index in [0.717, 1.165) is 0 Å². The molecular formula is C11H21NO5S. The van der Waals surface area contributed by atoms with Crippen molar-refractivity contribution in [3.05, 3.63) is 0 Å². The summed E-state index contributed by atoms with van der Waals surface area (Å²) in [6.45, 7) is 6.81. The summed E-state index contributed by atoms with van der Waals surface area (Å²) >= 11 is 0. The zero-order chi connectivity index (χ0) is 14.3. The Morgan fingerprint density at radius 1 is 1.22 bits per heavy atom. The molecule has 0 radical (unpaired) electrons. The Hall–Kier alpha value is -1.11. The van der Waals surface area contributed by atoms with Crippen LogP contribution in [0.4, 0.5) is 0 Å². The minimum absolute atomic E-state index is 0.116. The maximum Gasteiger partial charge on any atom is 0.309 e. The lowest BCUT2D eigenvalue weighted by molar-refractivity contribution is -0.146. The van der Waals surface area contributed by atoms with Crippen LogP contribution in [0.3, 0.4) is 0 Å². The van der Waals surface area contributed by atoms with Gasteiger partial charge in [0.05, 0.1) is 18.3 Å². The highest BCUT2D eigenvalue weighted by atomic mass is 32.2. The second-order valence-electron chi connectivity index (χ2n) is 4.43. The van der Waals surface area contributed by atoms with E-state index in [1.807, 2.05) is 0 Å². The van der Waals surface area contributed by atoms with Crippen LogP contribution in [-0.4, -0.2) is 44.4 Å². The van der Waals surface area contributed by atoms with Crippen LogP contribution in [0, 0.1) is 5.92 Å².